The monoisotopic (exact) mass is 509 g/mol. The largest absolute Gasteiger partial charge is 0.456 e. The molecule has 0 unspecified atom stereocenters. The molecule has 1 amide bonds. The molecular formula is C28H31NO8. The molecule has 37 heavy (non-hydrogen) atoms. The second-order valence-electron chi connectivity index (χ2n) is 10.2. The van der Waals surface area contributed by atoms with Gasteiger partial charge in [0.15, 0.2) is 18.2 Å². The van der Waals surface area contributed by atoms with Crippen molar-refractivity contribution in [2.45, 2.75) is 58.5 Å². The number of rotatable bonds is 6. The van der Waals surface area contributed by atoms with E-state index in [4.69, 9.17) is 19.3 Å². The van der Waals surface area contributed by atoms with Gasteiger partial charge in [0.25, 0.3) is 0 Å². The Labute approximate surface area is 215 Å². The summed E-state index contributed by atoms with van der Waals surface area (Å²) in [5, 5.41) is 9.14. The van der Waals surface area contributed by atoms with Crippen molar-refractivity contribution in [3.63, 3.8) is 0 Å². The summed E-state index contributed by atoms with van der Waals surface area (Å²) in [6.07, 6.45) is 0.528. The van der Waals surface area contributed by atoms with E-state index in [-0.39, 0.29) is 24.8 Å². The van der Waals surface area contributed by atoms with Crippen LogP contribution in [0.1, 0.15) is 65.5 Å². The summed E-state index contributed by atoms with van der Waals surface area (Å²) in [5.74, 6) is -1.36. The van der Waals surface area contributed by atoms with Gasteiger partial charge in [-0.15, -0.1) is 0 Å². The molecule has 0 saturated carbocycles. The highest BCUT2D eigenvalue weighted by Gasteiger charge is 2.38. The van der Waals surface area contributed by atoms with Crippen LogP contribution in [0, 0.1) is 0 Å². The molecule has 4 rings (SSSR count). The van der Waals surface area contributed by atoms with E-state index in [1.807, 2.05) is 12.1 Å². The predicted octanol–water partition coefficient (Wildman–Crippen LogP) is 3.68. The van der Waals surface area contributed by atoms with E-state index in [0.29, 0.717) is 30.5 Å². The Morgan fingerprint density at radius 2 is 1.57 bits per heavy atom. The summed E-state index contributed by atoms with van der Waals surface area (Å²) in [4.78, 5) is 51.2. The van der Waals surface area contributed by atoms with Crippen molar-refractivity contribution in [3.8, 4) is 11.1 Å². The number of hydrogen-bond acceptors (Lipinski definition) is 8. The Morgan fingerprint density at radius 3 is 2.14 bits per heavy atom. The number of benzene rings is 2. The van der Waals surface area contributed by atoms with Crippen LogP contribution in [0.5, 0.6) is 0 Å². The summed E-state index contributed by atoms with van der Waals surface area (Å²) in [6.45, 7) is 5.21. The van der Waals surface area contributed by atoms with Crippen molar-refractivity contribution in [1.29, 1.82) is 0 Å². The fourth-order valence-electron chi connectivity index (χ4n) is 4.53. The van der Waals surface area contributed by atoms with Crippen LogP contribution >= 0.6 is 0 Å². The van der Waals surface area contributed by atoms with Crippen LogP contribution in [0.15, 0.2) is 36.4 Å². The molecular weight excluding hydrogens is 478 g/mol. The normalized spacial score (nSPS) is 16.9. The van der Waals surface area contributed by atoms with Crippen LogP contribution in [-0.2, 0) is 32.2 Å². The van der Waals surface area contributed by atoms with Crippen molar-refractivity contribution in [2.24, 2.45) is 0 Å². The van der Waals surface area contributed by atoms with Gasteiger partial charge in [-0.25, -0.2) is 9.59 Å². The average molecular weight is 510 g/mol. The van der Waals surface area contributed by atoms with Crippen LogP contribution in [-0.4, -0.2) is 65.0 Å². The van der Waals surface area contributed by atoms with Gasteiger partial charge >= 0.3 is 12.1 Å². The molecule has 1 saturated heterocycles. The lowest BCUT2D eigenvalue weighted by Gasteiger charge is -2.27. The van der Waals surface area contributed by atoms with Gasteiger partial charge in [-0.3, -0.25) is 14.5 Å². The van der Waals surface area contributed by atoms with Crippen molar-refractivity contribution < 1.29 is 38.5 Å². The number of Topliss-reactive ketones (excluding diaryl/α,β-unsaturated/α-hetero) is 2. The second-order valence-corrected chi connectivity index (χ2v) is 10.2. The van der Waals surface area contributed by atoms with E-state index in [2.05, 4.69) is 0 Å². The summed E-state index contributed by atoms with van der Waals surface area (Å²) in [5.41, 5.74) is 3.48. The molecule has 9 heteroatoms. The molecule has 2 heterocycles. The van der Waals surface area contributed by atoms with Crippen molar-refractivity contribution in [1.82, 2.24) is 4.90 Å². The minimum Gasteiger partial charge on any atom is -0.456 e. The smallest absolute Gasteiger partial charge is 0.411 e. The van der Waals surface area contributed by atoms with Crippen molar-refractivity contribution in [3.05, 3.63) is 58.7 Å². The molecule has 2 aliphatic rings. The molecule has 1 fully saturated rings. The van der Waals surface area contributed by atoms with Crippen LogP contribution in [0.3, 0.4) is 0 Å². The molecule has 1 N–H and O–H groups in total. The summed E-state index contributed by atoms with van der Waals surface area (Å²) in [7, 11) is 0. The SMILES string of the molecule is CC(C)(C)OC(=O)N1CCC[C@H]1C(=O)OCC(=O)c1ccc2c(c1)COCc1cc(C(=O)CO)ccc1-2. The first kappa shape index (κ1) is 26.5. The molecule has 0 aromatic heterocycles. The zero-order chi connectivity index (χ0) is 26.7. The Kier molecular flexibility index (Phi) is 7.75. The van der Waals surface area contributed by atoms with Crippen molar-refractivity contribution >= 4 is 23.6 Å². The summed E-state index contributed by atoms with van der Waals surface area (Å²) in [6, 6.07) is 9.61. The van der Waals surface area contributed by atoms with E-state index in [0.717, 1.165) is 22.3 Å². The van der Waals surface area contributed by atoms with Gasteiger partial charge in [0.2, 0.25) is 0 Å². The number of fused-ring (bicyclic) bond motifs is 3. The number of nitrogens with zero attached hydrogens (tertiary/aromatic N) is 1. The number of amides is 1. The highest BCUT2D eigenvalue weighted by molar-refractivity contribution is 6.00. The third kappa shape index (κ3) is 6.06. The molecule has 196 valence electrons. The predicted molar refractivity (Wildman–Crippen MR) is 133 cm³/mol. The maximum Gasteiger partial charge on any atom is 0.411 e. The Hall–Kier alpha value is -3.56. The first-order chi connectivity index (χ1) is 17.6. The van der Waals surface area contributed by atoms with Gasteiger partial charge in [-0.05, 0) is 68.0 Å². The van der Waals surface area contributed by atoms with Crippen LogP contribution in [0.2, 0.25) is 0 Å². The topological polar surface area (TPSA) is 119 Å². The lowest BCUT2D eigenvalue weighted by atomic mass is 9.93. The molecule has 2 aromatic carbocycles. The fraction of sp³-hybridized carbons (Fsp3) is 0.429. The molecule has 0 bridgehead atoms. The number of aliphatic hydroxyl groups is 1. The third-order valence-electron chi connectivity index (χ3n) is 6.30. The van der Waals surface area contributed by atoms with E-state index in [9.17, 15) is 19.2 Å². The number of likely N-dealkylation sites (tertiary alicyclic amines) is 1. The maximum absolute atomic E-state index is 12.9. The van der Waals surface area contributed by atoms with E-state index >= 15 is 0 Å². The lowest BCUT2D eigenvalue weighted by Crippen LogP contribution is -2.44. The van der Waals surface area contributed by atoms with Gasteiger partial charge in [-0.1, -0.05) is 24.3 Å². The molecule has 9 nitrogen and oxygen atoms in total. The number of aliphatic hydroxyl groups excluding tert-OH is 1. The number of carbonyl (C=O) groups excluding carboxylic acids is 4. The van der Waals surface area contributed by atoms with Crippen LogP contribution in [0.4, 0.5) is 4.79 Å². The second kappa shape index (κ2) is 10.8. The zero-order valence-electron chi connectivity index (χ0n) is 21.2. The third-order valence-corrected chi connectivity index (χ3v) is 6.30. The zero-order valence-corrected chi connectivity index (χ0v) is 21.2. The minimum atomic E-state index is -0.776. The fourth-order valence-corrected chi connectivity index (χ4v) is 4.53. The Morgan fingerprint density at radius 1 is 0.973 bits per heavy atom. The van der Waals surface area contributed by atoms with Crippen LogP contribution in [0.25, 0.3) is 11.1 Å². The molecule has 1 atom stereocenters. The Balaban J connectivity index is 1.43. The number of esters is 1. The number of carbonyl (C=O) groups is 4. The summed E-state index contributed by atoms with van der Waals surface area (Å²) >= 11 is 0. The highest BCUT2D eigenvalue weighted by Crippen LogP contribution is 2.33. The first-order valence-electron chi connectivity index (χ1n) is 12.2. The number of hydrogen-bond donors (Lipinski definition) is 1. The van der Waals surface area contributed by atoms with Crippen molar-refractivity contribution in [2.75, 3.05) is 19.8 Å². The lowest BCUT2D eigenvalue weighted by molar-refractivity contribution is -0.147. The quantitative estimate of drug-likeness (QED) is 0.463. The van der Waals surface area contributed by atoms with Gasteiger partial charge < -0.3 is 19.3 Å². The number of ketones is 2. The molecule has 0 radical (unpaired) electrons. The summed E-state index contributed by atoms with van der Waals surface area (Å²) < 4.78 is 16.4. The first-order valence-corrected chi connectivity index (χ1v) is 12.2. The average Bonchev–Trinajstić information content (AvgIpc) is 3.29. The van der Waals surface area contributed by atoms with E-state index in [1.54, 1.807) is 45.0 Å². The maximum atomic E-state index is 12.9. The van der Waals surface area contributed by atoms with E-state index < -0.39 is 36.9 Å². The molecule has 2 aromatic rings. The molecule has 0 aliphatic carbocycles. The van der Waals surface area contributed by atoms with Crippen LogP contribution < -0.4 is 0 Å². The van der Waals surface area contributed by atoms with Gasteiger partial charge in [0.05, 0.1) is 13.2 Å². The number of ether oxygens (including phenoxy) is 3. The standard InChI is InChI=1S/C28H31NO8/c1-28(2,3)37-27(34)29-10-4-5-23(29)26(33)36-16-25(32)18-7-9-22-20(12-18)15-35-14-19-11-17(24(31)13-30)6-8-21(19)22/h6-9,11-12,23,30H,4-5,10,13-16H2,1-3H3/t23-/m0/s1. The van der Waals surface area contributed by atoms with Gasteiger partial charge in [0, 0.05) is 17.7 Å². The molecule has 2 aliphatic heterocycles. The van der Waals surface area contributed by atoms with Gasteiger partial charge in [-0.2, -0.15) is 0 Å². The van der Waals surface area contributed by atoms with E-state index in [1.165, 1.54) is 4.90 Å². The minimum absolute atomic E-state index is 0.265. The van der Waals surface area contributed by atoms with Gasteiger partial charge in [0.1, 0.15) is 18.2 Å². The highest BCUT2D eigenvalue weighted by atomic mass is 16.6. The Bertz CT molecular complexity index is 1230. The molecule has 0 spiro atoms.